The zero-order valence-corrected chi connectivity index (χ0v) is 10.5. The van der Waals surface area contributed by atoms with E-state index in [2.05, 4.69) is 57.7 Å². The van der Waals surface area contributed by atoms with E-state index in [1.54, 1.807) is 0 Å². The molecule has 0 aromatic heterocycles. The molecule has 0 bridgehead atoms. The molecular weight excluding hydrogens is 192 g/mol. The van der Waals surface area contributed by atoms with E-state index >= 15 is 0 Å². The fourth-order valence-corrected chi connectivity index (χ4v) is 2.60. The lowest BCUT2D eigenvalue weighted by Crippen LogP contribution is -2.11. The average Bonchev–Trinajstić information content (AvgIpc) is 2.47. The summed E-state index contributed by atoms with van der Waals surface area (Å²) in [5.41, 5.74) is 5.72. The summed E-state index contributed by atoms with van der Waals surface area (Å²) < 4.78 is 0. The molecule has 0 atom stereocenters. The topological polar surface area (TPSA) is 0 Å². The van der Waals surface area contributed by atoms with Gasteiger partial charge in [0.05, 0.1) is 0 Å². The standard InChI is InChI=1S/C16H20/c1-5-6-9-13-12(2)16(3,4)15-11-8-7-10-14(13)15/h5-6,8-9,11H,2,7,10H2,1,3-4H3/b6-5-,13-9+. The third kappa shape index (κ3) is 1.53. The van der Waals surface area contributed by atoms with Crippen molar-refractivity contribution in [2.45, 2.75) is 33.6 Å². The van der Waals surface area contributed by atoms with E-state index in [0.29, 0.717) is 0 Å². The molecule has 0 heterocycles. The van der Waals surface area contributed by atoms with Gasteiger partial charge in [0, 0.05) is 5.41 Å². The third-order valence-corrected chi connectivity index (χ3v) is 3.70. The summed E-state index contributed by atoms with van der Waals surface area (Å²) in [6, 6.07) is 0. The van der Waals surface area contributed by atoms with Gasteiger partial charge in [-0.05, 0) is 42.1 Å². The summed E-state index contributed by atoms with van der Waals surface area (Å²) in [5, 5.41) is 0. The van der Waals surface area contributed by atoms with Gasteiger partial charge in [0.15, 0.2) is 0 Å². The Labute approximate surface area is 98.8 Å². The molecule has 0 fully saturated rings. The molecule has 0 aliphatic heterocycles. The van der Waals surface area contributed by atoms with Gasteiger partial charge in [-0.2, -0.15) is 0 Å². The van der Waals surface area contributed by atoms with Gasteiger partial charge in [-0.15, -0.1) is 0 Å². The molecule has 0 radical (unpaired) electrons. The Kier molecular flexibility index (Phi) is 2.75. The summed E-state index contributed by atoms with van der Waals surface area (Å²) in [6.45, 7) is 10.9. The Morgan fingerprint density at radius 3 is 2.81 bits per heavy atom. The molecule has 16 heavy (non-hydrogen) atoms. The van der Waals surface area contributed by atoms with Crippen LogP contribution in [0.3, 0.4) is 0 Å². The minimum absolute atomic E-state index is 0.111. The molecule has 0 spiro atoms. The lowest BCUT2D eigenvalue weighted by Gasteiger charge is -2.23. The highest BCUT2D eigenvalue weighted by molar-refractivity contribution is 5.65. The van der Waals surface area contributed by atoms with Crippen LogP contribution < -0.4 is 0 Å². The molecular formula is C16H20. The first-order chi connectivity index (χ1) is 7.59. The highest BCUT2D eigenvalue weighted by atomic mass is 14.4. The lowest BCUT2D eigenvalue weighted by atomic mass is 9.81. The predicted octanol–water partition coefficient (Wildman–Crippen LogP) is 4.73. The first-order valence-corrected chi connectivity index (χ1v) is 6.02. The molecule has 0 aromatic rings. The maximum atomic E-state index is 4.29. The maximum absolute atomic E-state index is 4.29. The smallest absolute Gasteiger partial charge is 0.0149 e. The summed E-state index contributed by atoms with van der Waals surface area (Å²) in [6.07, 6.45) is 13.3. The van der Waals surface area contributed by atoms with E-state index in [1.807, 2.05) is 0 Å². The van der Waals surface area contributed by atoms with Gasteiger partial charge >= 0.3 is 0 Å². The average molecular weight is 212 g/mol. The molecule has 0 saturated heterocycles. The predicted molar refractivity (Wildman–Crippen MR) is 71.2 cm³/mol. The van der Waals surface area contributed by atoms with Crippen LogP contribution >= 0.6 is 0 Å². The minimum atomic E-state index is 0.111. The van der Waals surface area contributed by atoms with Crippen molar-refractivity contribution in [3.8, 4) is 0 Å². The van der Waals surface area contributed by atoms with E-state index in [4.69, 9.17) is 0 Å². The van der Waals surface area contributed by atoms with Crippen LogP contribution in [0, 0.1) is 5.41 Å². The van der Waals surface area contributed by atoms with Crippen LogP contribution in [0.5, 0.6) is 0 Å². The Hall–Kier alpha value is -1.30. The summed E-state index contributed by atoms with van der Waals surface area (Å²) >= 11 is 0. The Bertz CT molecular complexity index is 437. The zero-order chi connectivity index (χ0) is 11.8. The van der Waals surface area contributed by atoms with Crippen LogP contribution in [0.25, 0.3) is 0 Å². The van der Waals surface area contributed by atoms with Crippen molar-refractivity contribution in [1.29, 1.82) is 0 Å². The Balaban J connectivity index is 2.54. The highest BCUT2D eigenvalue weighted by Crippen LogP contribution is 2.52. The molecule has 0 heteroatoms. The van der Waals surface area contributed by atoms with E-state index in [0.717, 1.165) is 12.8 Å². The molecule has 0 unspecified atom stereocenters. The van der Waals surface area contributed by atoms with Gasteiger partial charge < -0.3 is 0 Å². The summed E-state index contributed by atoms with van der Waals surface area (Å²) in [4.78, 5) is 0. The molecule has 0 amide bonds. The first-order valence-electron chi connectivity index (χ1n) is 6.02. The second-order valence-electron chi connectivity index (χ2n) is 5.04. The zero-order valence-electron chi connectivity index (χ0n) is 10.5. The second kappa shape index (κ2) is 3.93. The van der Waals surface area contributed by atoms with E-state index in [-0.39, 0.29) is 5.41 Å². The van der Waals surface area contributed by atoms with Crippen molar-refractivity contribution < 1.29 is 0 Å². The minimum Gasteiger partial charge on any atom is -0.0943 e. The largest absolute Gasteiger partial charge is 0.0943 e. The van der Waals surface area contributed by atoms with E-state index in [1.165, 1.54) is 22.3 Å². The van der Waals surface area contributed by atoms with Crippen molar-refractivity contribution in [2.24, 2.45) is 5.41 Å². The van der Waals surface area contributed by atoms with Crippen LogP contribution in [-0.4, -0.2) is 0 Å². The fourth-order valence-electron chi connectivity index (χ4n) is 2.60. The van der Waals surface area contributed by atoms with E-state index in [9.17, 15) is 0 Å². The molecule has 0 N–H and O–H groups in total. The van der Waals surface area contributed by atoms with Gasteiger partial charge in [-0.25, -0.2) is 0 Å². The number of hydrogen-bond donors (Lipinski definition) is 0. The van der Waals surface area contributed by atoms with Crippen LogP contribution in [0.15, 0.2) is 59.3 Å². The Morgan fingerprint density at radius 2 is 2.12 bits per heavy atom. The van der Waals surface area contributed by atoms with Gasteiger partial charge in [-0.3, -0.25) is 0 Å². The fraction of sp³-hybridized carbons (Fsp3) is 0.375. The number of allylic oxidation sites excluding steroid dienone is 9. The van der Waals surface area contributed by atoms with Crippen LogP contribution in [0.2, 0.25) is 0 Å². The lowest BCUT2D eigenvalue weighted by molar-refractivity contribution is 0.578. The number of rotatable bonds is 1. The van der Waals surface area contributed by atoms with Crippen LogP contribution in [0.4, 0.5) is 0 Å². The third-order valence-electron chi connectivity index (χ3n) is 3.70. The van der Waals surface area contributed by atoms with Crippen LogP contribution in [-0.2, 0) is 0 Å². The van der Waals surface area contributed by atoms with Gasteiger partial charge in [0.2, 0.25) is 0 Å². The first kappa shape index (κ1) is 11.2. The second-order valence-corrected chi connectivity index (χ2v) is 5.04. The quantitative estimate of drug-likeness (QED) is 0.589. The van der Waals surface area contributed by atoms with Crippen molar-refractivity contribution >= 4 is 0 Å². The van der Waals surface area contributed by atoms with Crippen molar-refractivity contribution in [2.75, 3.05) is 0 Å². The monoisotopic (exact) mass is 212 g/mol. The van der Waals surface area contributed by atoms with Crippen molar-refractivity contribution in [1.82, 2.24) is 0 Å². The molecule has 0 aromatic carbocycles. The van der Waals surface area contributed by atoms with Gasteiger partial charge in [-0.1, -0.05) is 50.8 Å². The molecule has 2 aliphatic rings. The molecule has 0 saturated carbocycles. The molecule has 2 rings (SSSR count). The molecule has 2 aliphatic carbocycles. The van der Waals surface area contributed by atoms with Crippen LogP contribution in [0.1, 0.15) is 33.6 Å². The van der Waals surface area contributed by atoms with Gasteiger partial charge in [0.25, 0.3) is 0 Å². The normalized spacial score (nSPS) is 25.9. The summed E-state index contributed by atoms with van der Waals surface area (Å²) in [5.74, 6) is 0. The summed E-state index contributed by atoms with van der Waals surface area (Å²) in [7, 11) is 0. The molecule has 0 nitrogen and oxygen atoms in total. The van der Waals surface area contributed by atoms with Crippen molar-refractivity contribution in [3.05, 3.63) is 59.3 Å². The van der Waals surface area contributed by atoms with Crippen molar-refractivity contribution in [3.63, 3.8) is 0 Å². The number of hydrogen-bond acceptors (Lipinski definition) is 0. The molecule has 84 valence electrons. The Morgan fingerprint density at radius 1 is 1.38 bits per heavy atom. The van der Waals surface area contributed by atoms with E-state index < -0.39 is 0 Å². The maximum Gasteiger partial charge on any atom is 0.0149 e. The highest BCUT2D eigenvalue weighted by Gasteiger charge is 2.37. The van der Waals surface area contributed by atoms with Gasteiger partial charge in [0.1, 0.15) is 0 Å². The SMILES string of the molecule is C=C1/C(=C\C=C/C)C2=C(C=CCC2)C1(C)C.